The van der Waals surface area contributed by atoms with Gasteiger partial charge in [-0.1, -0.05) is 6.92 Å². The molecule has 0 aliphatic carbocycles. The Balaban J connectivity index is 4.47. The average Bonchev–Trinajstić information content (AvgIpc) is 2.01. The van der Waals surface area contributed by atoms with Gasteiger partial charge in [0.15, 0.2) is 0 Å². The minimum atomic E-state index is -1.29. The van der Waals surface area contributed by atoms with E-state index in [0.29, 0.717) is 0 Å². The molecule has 0 aromatic carbocycles. The molecule has 0 rings (SSSR count). The Morgan fingerprint density at radius 3 is 2.07 bits per heavy atom. The number of rotatable bonds is 5. The third kappa shape index (κ3) is 3.16. The van der Waals surface area contributed by atoms with Crippen LogP contribution in [0, 0.1) is 16.7 Å². The molecule has 0 spiro atoms. The molecular formula is C9H15NO4. The molecule has 0 aromatic rings. The predicted molar refractivity (Wildman–Crippen MR) is 50.6 cm³/mol. The van der Waals surface area contributed by atoms with E-state index >= 15 is 0 Å². The van der Waals surface area contributed by atoms with Gasteiger partial charge in [0.05, 0.1) is 5.41 Å². The van der Waals surface area contributed by atoms with Crippen molar-refractivity contribution in [3.63, 3.8) is 0 Å². The van der Waals surface area contributed by atoms with Gasteiger partial charge < -0.3 is 10.2 Å². The normalized spacial score (nSPS) is 13.4. The molecule has 0 bridgehead atoms. The van der Waals surface area contributed by atoms with Crippen LogP contribution in [0.1, 0.15) is 27.2 Å². The van der Waals surface area contributed by atoms with Gasteiger partial charge in [-0.05, 0) is 20.3 Å². The van der Waals surface area contributed by atoms with E-state index in [1.54, 1.807) is 6.92 Å². The van der Waals surface area contributed by atoms with Gasteiger partial charge in [-0.3, -0.25) is 10.2 Å². The molecule has 3 N–H and O–H groups in total. The average molecular weight is 201 g/mol. The highest BCUT2D eigenvalue weighted by atomic mass is 16.4. The van der Waals surface area contributed by atoms with Crippen molar-refractivity contribution in [3.8, 4) is 0 Å². The SMILES string of the molecule is CC(CC(C)(C)C(=O)O)C(=N)C(=O)O. The summed E-state index contributed by atoms with van der Waals surface area (Å²) in [4.78, 5) is 21.2. The van der Waals surface area contributed by atoms with Gasteiger partial charge in [0.25, 0.3) is 0 Å². The van der Waals surface area contributed by atoms with Gasteiger partial charge >= 0.3 is 11.9 Å². The van der Waals surface area contributed by atoms with Crippen LogP contribution in [0.15, 0.2) is 0 Å². The van der Waals surface area contributed by atoms with E-state index < -0.39 is 29.0 Å². The fourth-order valence-corrected chi connectivity index (χ4v) is 1.17. The minimum absolute atomic E-state index is 0.146. The number of carbonyl (C=O) groups is 2. The summed E-state index contributed by atoms with van der Waals surface area (Å²) < 4.78 is 0. The molecule has 1 unspecified atom stereocenters. The molecule has 0 saturated heterocycles. The quantitative estimate of drug-likeness (QED) is 0.582. The zero-order valence-electron chi connectivity index (χ0n) is 8.50. The Morgan fingerprint density at radius 1 is 1.36 bits per heavy atom. The van der Waals surface area contributed by atoms with Crippen molar-refractivity contribution >= 4 is 17.7 Å². The first-order chi connectivity index (χ1) is 6.18. The molecule has 0 aromatic heterocycles. The highest BCUT2D eigenvalue weighted by molar-refractivity contribution is 6.34. The Morgan fingerprint density at radius 2 is 1.79 bits per heavy atom. The van der Waals surface area contributed by atoms with Crippen molar-refractivity contribution in [3.05, 3.63) is 0 Å². The second kappa shape index (κ2) is 4.21. The molecule has 5 nitrogen and oxygen atoms in total. The first-order valence-electron chi connectivity index (χ1n) is 4.23. The Hall–Kier alpha value is -1.39. The van der Waals surface area contributed by atoms with E-state index in [-0.39, 0.29) is 6.42 Å². The maximum atomic E-state index is 10.7. The fraction of sp³-hybridized carbons (Fsp3) is 0.667. The lowest BCUT2D eigenvalue weighted by atomic mass is 9.82. The van der Waals surface area contributed by atoms with Gasteiger partial charge in [-0.25, -0.2) is 4.79 Å². The molecule has 14 heavy (non-hydrogen) atoms. The maximum absolute atomic E-state index is 10.7. The summed E-state index contributed by atoms with van der Waals surface area (Å²) in [6.45, 7) is 4.57. The van der Waals surface area contributed by atoms with Crippen molar-refractivity contribution in [2.45, 2.75) is 27.2 Å². The van der Waals surface area contributed by atoms with Crippen molar-refractivity contribution in [2.24, 2.45) is 11.3 Å². The number of carboxylic acid groups (broad SMARTS) is 2. The summed E-state index contributed by atoms with van der Waals surface area (Å²) in [6.07, 6.45) is 0.146. The summed E-state index contributed by atoms with van der Waals surface area (Å²) in [5.74, 6) is -2.83. The summed E-state index contributed by atoms with van der Waals surface area (Å²) in [5, 5.41) is 24.5. The third-order valence-electron chi connectivity index (χ3n) is 2.12. The van der Waals surface area contributed by atoms with Crippen LogP contribution in [0.2, 0.25) is 0 Å². The van der Waals surface area contributed by atoms with Crippen molar-refractivity contribution in [1.82, 2.24) is 0 Å². The van der Waals surface area contributed by atoms with Gasteiger partial charge in [-0.15, -0.1) is 0 Å². The summed E-state index contributed by atoms with van der Waals surface area (Å²) >= 11 is 0. The van der Waals surface area contributed by atoms with E-state index in [1.165, 1.54) is 13.8 Å². The predicted octanol–water partition coefficient (Wildman–Crippen LogP) is 1.23. The van der Waals surface area contributed by atoms with Gasteiger partial charge in [0.2, 0.25) is 0 Å². The lowest BCUT2D eigenvalue weighted by Gasteiger charge is -2.22. The second-order valence-electron chi connectivity index (χ2n) is 4.01. The van der Waals surface area contributed by atoms with Gasteiger partial charge in [0, 0.05) is 5.92 Å². The monoisotopic (exact) mass is 201 g/mol. The molecule has 1 atom stereocenters. The summed E-state index contributed by atoms with van der Waals surface area (Å²) in [7, 11) is 0. The van der Waals surface area contributed by atoms with E-state index in [9.17, 15) is 9.59 Å². The van der Waals surface area contributed by atoms with Crippen molar-refractivity contribution < 1.29 is 19.8 Å². The van der Waals surface area contributed by atoms with Crippen LogP contribution >= 0.6 is 0 Å². The number of carboxylic acids is 2. The number of hydrogen-bond acceptors (Lipinski definition) is 3. The largest absolute Gasteiger partial charge is 0.481 e. The standard InChI is InChI=1S/C9H15NO4/c1-5(6(10)7(11)12)4-9(2,3)8(13)14/h5,10H,4H2,1-3H3,(H,11,12)(H,13,14). The van der Waals surface area contributed by atoms with Crippen LogP contribution in [0.4, 0.5) is 0 Å². The Bertz CT molecular complexity index is 270. The highest BCUT2D eigenvalue weighted by Crippen LogP contribution is 2.26. The van der Waals surface area contributed by atoms with Crippen LogP contribution in [-0.4, -0.2) is 27.9 Å². The van der Waals surface area contributed by atoms with E-state index in [4.69, 9.17) is 15.6 Å². The molecule has 0 radical (unpaired) electrons. The maximum Gasteiger partial charge on any atom is 0.349 e. The van der Waals surface area contributed by atoms with Crippen LogP contribution < -0.4 is 0 Å². The molecular weight excluding hydrogens is 186 g/mol. The zero-order valence-corrected chi connectivity index (χ0v) is 8.50. The number of nitrogens with one attached hydrogen (secondary N) is 1. The number of hydrogen-bond donors (Lipinski definition) is 3. The fourth-order valence-electron chi connectivity index (χ4n) is 1.17. The Kier molecular flexibility index (Phi) is 3.80. The van der Waals surface area contributed by atoms with Gasteiger partial charge in [0.1, 0.15) is 5.71 Å². The molecule has 0 aliphatic heterocycles. The van der Waals surface area contributed by atoms with Crippen LogP contribution in [0.3, 0.4) is 0 Å². The highest BCUT2D eigenvalue weighted by Gasteiger charge is 2.31. The van der Waals surface area contributed by atoms with Crippen LogP contribution in [0.25, 0.3) is 0 Å². The third-order valence-corrected chi connectivity index (χ3v) is 2.12. The topological polar surface area (TPSA) is 98.5 Å². The molecule has 80 valence electrons. The van der Waals surface area contributed by atoms with Gasteiger partial charge in [-0.2, -0.15) is 0 Å². The molecule has 0 heterocycles. The summed E-state index contributed by atoms with van der Waals surface area (Å²) in [6, 6.07) is 0. The van der Waals surface area contributed by atoms with Crippen molar-refractivity contribution in [2.75, 3.05) is 0 Å². The molecule has 0 amide bonds. The van der Waals surface area contributed by atoms with Crippen LogP contribution in [-0.2, 0) is 9.59 Å². The summed E-state index contributed by atoms with van der Waals surface area (Å²) in [5.41, 5.74) is -1.44. The minimum Gasteiger partial charge on any atom is -0.481 e. The van der Waals surface area contributed by atoms with E-state index in [2.05, 4.69) is 0 Å². The second-order valence-corrected chi connectivity index (χ2v) is 4.01. The first-order valence-corrected chi connectivity index (χ1v) is 4.23. The lowest BCUT2D eigenvalue weighted by Crippen LogP contribution is -2.30. The zero-order chi connectivity index (χ0) is 11.5. The smallest absolute Gasteiger partial charge is 0.349 e. The Labute approximate surface area is 82.3 Å². The van der Waals surface area contributed by atoms with E-state index in [1.807, 2.05) is 0 Å². The van der Waals surface area contributed by atoms with Crippen molar-refractivity contribution in [1.29, 1.82) is 5.41 Å². The van der Waals surface area contributed by atoms with E-state index in [0.717, 1.165) is 0 Å². The molecule has 0 aliphatic rings. The van der Waals surface area contributed by atoms with Crippen LogP contribution in [0.5, 0.6) is 0 Å². The molecule has 5 heteroatoms. The molecule has 0 saturated carbocycles. The number of aliphatic carboxylic acids is 2. The first kappa shape index (κ1) is 12.6. The molecule has 0 fully saturated rings. The lowest BCUT2D eigenvalue weighted by molar-refractivity contribution is -0.147.